The van der Waals surface area contributed by atoms with Gasteiger partial charge in [0.25, 0.3) is 0 Å². The Balaban J connectivity index is 1.61. The average molecular weight is 548 g/mol. The van der Waals surface area contributed by atoms with Gasteiger partial charge >= 0.3 is 11.9 Å². The summed E-state index contributed by atoms with van der Waals surface area (Å²) in [7, 11) is 1.35. The quantitative estimate of drug-likeness (QED) is 0.162. The molecular formula is C25H24O14. The van der Waals surface area contributed by atoms with E-state index in [1.54, 1.807) is 0 Å². The Bertz CT molecular complexity index is 1450. The van der Waals surface area contributed by atoms with E-state index in [2.05, 4.69) is 0 Å². The fourth-order valence-electron chi connectivity index (χ4n) is 3.92. The lowest BCUT2D eigenvalue weighted by molar-refractivity contribution is -0.278. The second-order valence-electron chi connectivity index (χ2n) is 8.56. The highest BCUT2D eigenvalue weighted by atomic mass is 16.7. The smallest absolute Gasteiger partial charge is 0.317 e. The second-order valence-corrected chi connectivity index (χ2v) is 8.56. The molecule has 208 valence electrons. The van der Waals surface area contributed by atoms with Crippen LogP contribution >= 0.6 is 0 Å². The number of aliphatic hydroxyl groups is 3. The van der Waals surface area contributed by atoms with Crippen LogP contribution in [0.1, 0.15) is 6.42 Å². The number of phenols is 2. The highest BCUT2D eigenvalue weighted by molar-refractivity contribution is 5.90. The highest BCUT2D eigenvalue weighted by Crippen LogP contribution is 2.35. The third-order valence-corrected chi connectivity index (χ3v) is 5.87. The van der Waals surface area contributed by atoms with Gasteiger partial charge in [0.05, 0.1) is 7.11 Å². The van der Waals surface area contributed by atoms with Crippen molar-refractivity contribution in [2.24, 2.45) is 0 Å². The van der Waals surface area contributed by atoms with Gasteiger partial charge in [-0.1, -0.05) is 0 Å². The van der Waals surface area contributed by atoms with E-state index in [4.69, 9.17) is 28.5 Å². The Hall–Kier alpha value is -4.37. The first-order valence-corrected chi connectivity index (χ1v) is 11.4. The number of esters is 1. The Kier molecular flexibility index (Phi) is 7.92. The van der Waals surface area contributed by atoms with Crippen LogP contribution in [0.5, 0.6) is 23.0 Å². The number of benzene rings is 2. The summed E-state index contributed by atoms with van der Waals surface area (Å²) in [6, 6.07) is 7.64. The fourth-order valence-corrected chi connectivity index (χ4v) is 3.92. The SMILES string of the molecule is COc1cc(-c2cc(=O)c3c(O)cc(OC4OC(COC(=O)CC(=O)O)C(O)C(O)C4O)cc3o2)ccc1O. The summed E-state index contributed by atoms with van der Waals surface area (Å²) < 4.78 is 26.6. The monoisotopic (exact) mass is 548 g/mol. The molecule has 2 aromatic carbocycles. The molecule has 14 heteroatoms. The van der Waals surface area contributed by atoms with Gasteiger partial charge in [0.2, 0.25) is 6.29 Å². The van der Waals surface area contributed by atoms with Crippen LogP contribution in [0.2, 0.25) is 0 Å². The van der Waals surface area contributed by atoms with Crippen molar-refractivity contribution in [1.29, 1.82) is 0 Å². The van der Waals surface area contributed by atoms with Gasteiger partial charge in [-0.15, -0.1) is 0 Å². The van der Waals surface area contributed by atoms with Gasteiger partial charge in [-0.05, 0) is 18.2 Å². The summed E-state index contributed by atoms with van der Waals surface area (Å²) in [6.45, 7) is -0.659. The van der Waals surface area contributed by atoms with Gasteiger partial charge in [-0.2, -0.15) is 0 Å². The zero-order valence-electron chi connectivity index (χ0n) is 20.2. The summed E-state index contributed by atoms with van der Waals surface area (Å²) in [6.07, 6.45) is -9.32. The van der Waals surface area contributed by atoms with Crippen LogP contribution in [-0.4, -0.2) is 87.0 Å². The van der Waals surface area contributed by atoms with Crippen molar-refractivity contribution in [3.63, 3.8) is 0 Å². The number of carbonyl (C=O) groups is 2. The molecule has 1 saturated heterocycles. The van der Waals surface area contributed by atoms with Crippen LogP contribution in [0.25, 0.3) is 22.3 Å². The molecular weight excluding hydrogens is 524 g/mol. The van der Waals surface area contributed by atoms with Crippen LogP contribution < -0.4 is 14.9 Å². The molecule has 5 unspecified atom stereocenters. The fraction of sp³-hybridized carbons (Fsp3) is 0.320. The average Bonchev–Trinajstić information content (AvgIpc) is 2.87. The van der Waals surface area contributed by atoms with E-state index in [-0.39, 0.29) is 34.0 Å². The molecule has 3 aromatic rings. The zero-order chi connectivity index (χ0) is 28.4. The van der Waals surface area contributed by atoms with Gasteiger partial charge in [0, 0.05) is 23.8 Å². The lowest BCUT2D eigenvalue weighted by atomic mass is 9.99. The number of carboxylic acids is 1. The number of hydrogen-bond donors (Lipinski definition) is 6. The largest absolute Gasteiger partial charge is 0.507 e. The number of ether oxygens (including phenoxy) is 4. The normalized spacial score (nSPS) is 22.8. The molecule has 1 aliphatic rings. The standard InChI is InChI=1S/C25H24O14/c1-35-16-4-10(2-3-12(16)26)15-7-14(28)21-13(27)5-11(6-17(21)38-15)37-25-24(34)23(33)22(32)18(39-25)9-36-20(31)8-19(29)30/h2-7,18,22-27,32-34H,8-9H2,1H3,(H,29,30). The van der Waals surface area contributed by atoms with Gasteiger partial charge in [0.15, 0.2) is 16.9 Å². The molecule has 0 saturated carbocycles. The number of aliphatic hydroxyl groups excluding tert-OH is 3. The number of phenolic OH excluding ortho intramolecular Hbond substituents is 2. The number of carbonyl (C=O) groups excluding carboxylic acids is 1. The molecule has 14 nitrogen and oxygen atoms in total. The minimum absolute atomic E-state index is 0.0677. The molecule has 0 radical (unpaired) electrons. The number of carboxylic acid groups (broad SMARTS) is 1. The van der Waals surface area contributed by atoms with Gasteiger partial charge < -0.3 is 54.0 Å². The summed E-state index contributed by atoms with van der Waals surface area (Å²) in [5.74, 6) is -3.19. The predicted octanol–water partition coefficient (Wildman–Crippen LogP) is 0.0841. The van der Waals surface area contributed by atoms with Crippen molar-refractivity contribution in [3.05, 3.63) is 46.6 Å². The lowest BCUT2D eigenvalue weighted by Crippen LogP contribution is -2.60. The molecule has 0 bridgehead atoms. The Morgan fingerprint density at radius 3 is 2.41 bits per heavy atom. The van der Waals surface area contributed by atoms with E-state index in [0.717, 1.165) is 12.1 Å². The van der Waals surface area contributed by atoms with Crippen molar-refractivity contribution in [1.82, 2.24) is 0 Å². The van der Waals surface area contributed by atoms with E-state index in [1.807, 2.05) is 0 Å². The molecule has 2 heterocycles. The molecule has 1 aromatic heterocycles. The minimum atomic E-state index is -1.81. The van der Waals surface area contributed by atoms with E-state index in [0.29, 0.717) is 5.56 Å². The van der Waals surface area contributed by atoms with Crippen LogP contribution in [0.4, 0.5) is 0 Å². The maximum atomic E-state index is 12.7. The number of methoxy groups -OCH3 is 1. The van der Waals surface area contributed by atoms with Crippen LogP contribution in [0, 0.1) is 0 Å². The van der Waals surface area contributed by atoms with Crippen molar-refractivity contribution in [2.45, 2.75) is 37.1 Å². The maximum absolute atomic E-state index is 12.7. The number of fused-ring (bicyclic) bond motifs is 1. The lowest BCUT2D eigenvalue weighted by Gasteiger charge is -2.39. The molecule has 5 atom stereocenters. The minimum Gasteiger partial charge on any atom is -0.507 e. The molecule has 6 N–H and O–H groups in total. The van der Waals surface area contributed by atoms with E-state index in [1.165, 1.54) is 31.4 Å². The van der Waals surface area contributed by atoms with E-state index >= 15 is 0 Å². The molecule has 1 aliphatic heterocycles. The summed E-state index contributed by atoms with van der Waals surface area (Å²) >= 11 is 0. The van der Waals surface area contributed by atoms with E-state index < -0.39 is 66.9 Å². The highest BCUT2D eigenvalue weighted by Gasteiger charge is 2.45. The van der Waals surface area contributed by atoms with Crippen LogP contribution in [-0.2, 0) is 19.1 Å². The zero-order valence-corrected chi connectivity index (χ0v) is 20.2. The summed E-state index contributed by atoms with van der Waals surface area (Å²) in [5.41, 5.74) is -0.347. The number of hydrogen-bond acceptors (Lipinski definition) is 13. The van der Waals surface area contributed by atoms with Gasteiger partial charge in [0.1, 0.15) is 65.7 Å². The van der Waals surface area contributed by atoms with Crippen molar-refractivity contribution in [3.8, 4) is 34.3 Å². The van der Waals surface area contributed by atoms with Crippen LogP contribution in [0.15, 0.2) is 45.6 Å². The molecule has 39 heavy (non-hydrogen) atoms. The number of aromatic hydroxyl groups is 2. The first-order valence-electron chi connectivity index (χ1n) is 11.4. The Morgan fingerprint density at radius 2 is 1.72 bits per heavy atom. The number of aliphatic carboxylic acids is 1. The first-order chi connectivity index (χ1) is 18.5. The van der Waals surface area contributed by atoms with Gasteiger partial charge in [-0.25, -0.2) is 0 Å². The number of rotatable bonds is 8. The third kappa shape index (κ3) is 5.88. The second kappa shape index (κ2) is 11.2. The maximum Gasteiger partial charge on any atom is 0.317 e. The van der Waals surface area contributed by atoms with E-state index in [9.17, 15) is 39.9 Å². The summed E-state index contributed by atoms with van der Waals surface area (Å²) in [5, 5.41) is 59.6. The topological polar surface area (TPSA) is 223 Å². The molecule has 0 spiro atoms. The molecule has 1 fully saturated rings. The Labute approximate surface area is 218 Å². The molecule has 4 rings (SSSR count). The van der Waals surface area contributed by atoms with Crippen LogP contribution in [0.3, 0.4) is 0 Å². The van der Waals surface area contributed by atoms with Gasteiger partial charge in [-0.3, -0.25) is 14.4 Å². The van der Waals surface area contributed by atoms with Crippen molar-refractivity contribution < 1.29 is 63.6 Å². The summed E-state index contributed by atoms with van der Waals surface area (Å²) in [4.78, 5) is 34.9. The van der Waals surface area contributed by atoms with Crippen molar-refractivity contribution >= 4 is 22.9 Å². The van der Waals surface area contributed by atoms with Crippen molar-refractivity contribution in [2.75, 3.05) is 13.7 Å². The first kappa shape index (κ1) is 27.7. The molecule has 0 aliphatic carbocycles. The molecule has 0 amide bonds. The third-order valence-electron chi connectivity index (χ3n) is 5.87. The Morgan fingerprint density at radius 1 is 0.974 bits per heavy atom. The predicted molar refractivity (Wildman–Crippen MR) is 128 cm³/mol.